The van der Waals surface area contributed by atoms with Crippen LogP contribution in [0.4, 0.5) is 0 Å². The fourth-order valence-corrected chi connectivity index (χ4v) is 2.82. The summed E-state index contributed by atoms with van der Waals surface area (Å²) in [6.45, 7) is 0. The number of fused-ring (bicyclic) bond motifs is 1. The van der Waals surface area contributed by atoms with Crippen LogP contribution in [0.1, 0.15) is 32.1 Å². The molecule has 1 aliphatic carbocycles. The van der Waals surface area contributed by atoms with E-state index in [4.69, 9.17) is 27.9 Å². The fourth-order valence-electron chi connectivity index (χ4n) is 2.49. The quantitative estimate of drug-likeness (QED) is 0.757. The number of halogens is 2. The van der Waals surface area contributed by atoms with Crippen LogP contribution in [0.2, 0.25) is 10.3 Å². The van der Waals surface area contributed by atoms with Crippen molar-refractivity contribution in [3.63, 3.8) is 0 Å². The minimum Gasteiger partial charge on any atom is -0.487 e. The van der Waals surface area contributed by atoms with Crippen molar-refractivity contribution in [2.75, 3.05) is 0 Å². The molecule has 1 aromatic heterocycles. The highest BCUT2D eigenvalue weighted by molar-refractivity contribution is 6.33. The van der Waals surface area contributed by atoms with Gasteiger partial charge >= 0.3 is 0 Å². The van der Waals surface area contributed by atoms with Crippen molar-refractivity contribution in [2.24, 2.45) is 0 Å². The Morgan fingerprint density at radius 3 is 2.68 bits per heavy atom. The molecule has 0 bridgehead atoms. The van der Waals surface area contributed by atoms with E-state index in [1.165, 1.54) is 19.3 Å². The molecule has 0 saturated heterocycles. The lowest BCUT2D eigenvalue weighted by Gasteiger charge is -2.24. The third-order valence-corrected chi connectivity index (χ3v) is 3.95. The molecule has 0 N–H and O–H groups in total. The zero-order valence-corrected chi connectivity index (χ0v) is 11.9. The summed E-state index contributed by atoms with van der Waals surface area (Å²) in [6.07, 6.45) is 7.78. The SMILES string of the molecule is Clc1ncc2ccc(Cl)c(OC3CCCCC3)c2n1. The van der Waals surface area contributed by atoms with Gasteiger partial charge in [-0.2, -0.15) is 0 Å². The molecule has 100 valence electrons. The van der Waals surface area contributed by atoms with Gasteiger partial charge in [0, 0.05) is 11.6 Å². The Kier molecular flexibility index (Phi) is 3.76. The lowest BCUT2D eigenvalue weighted by Crippen LogP contribution is -2.20. The predicted molar refractivity (Wildman–Crippen MR) is 77.1 cm³/mol. The molecule has 0 radical (unpaired) electrons. The minimum absolute atomic E-state index is 0.211. The highest BCUT2D eigenvalue weighted by Crippen LogP contribution is 2.35. The number of nitrogens with zero attached hydrogens (tertiary/aromatic N) is 2. The minimum atomic E-state index is 0.211. The van der Waals surface area contributed by atoms with E-state index >= 15 is 0 Å². The van der Waals surface area contributed by atoms with Crippen molar-refractivity contribution < 1.29 is 4.74 Å². The molecule has 3 rings (SSSR count). The molecule has 1 aromatic carbocycles. The molecule has 0 unspecified atom stereocenters. The maximum Gasteiger partial charge on any atom is 0.223 e. The van der Waals surface area contributed by atoms with Crippen LogP contribution in [0.3, 0.4) is 0 Å². The average molecular weight is 297 g/mol. The summed E-state index contributed by atoms with van der Waals surface area (Å²) in [7, 11) is 0. The van der Waals surface area contributed by atoms with Gasteiger partial charge < -0.3 is 4.74 Å². The van der Waals surface area contributed by atoms with Crippen LogP contribution in [-0.4, -0.2) is 16.1 Å². The number of benzene rings is 1. The highest BCUT2D eigenvalue weighted by Gasteiger charge is 2.18. The summed E-state index contributed by atoms with van der Waals surface area (Å²) in [5, 5.41) is 1.68. The van der Waals surface area contributed by atoms with Gasteiger partial charge in [-0.05, 0) is 49.4 Å². The van der Waals surface area contributed by atoms with Gasteiger partial charge in [-0.1, -0.05) is 18.0 Å². The Labute approximate surface area is 121 Å². The van der Waals surface area contributed by atoms with E-state index in [2.05, 4.69) is 9.97 Å². The summed E-state index contributed by atoms with van der Waals surface area (Å²) in [6, 6.07) is 3.70. The number of rotatable bonds is 2. The highest BCUT2D eigenvalue weighted by atomic mass is 35.5. The van der Waals surface area contributed by atoms with Crippen LogP contribution < -0.4 is 4.74 Å². The first-order valence-electron chi connectivity index (χ1n) is 6.51. The normalized spacial score (nSPS) is 16.7. The Morgan fingerprint density at radius 1 is 1.11 bits per heavy atom. The zero-order chi connectivity index (χ0) is 13.2. The van der Waals surface area contributed by atoms with E-state index in [0.29, 0.717) is 16.3 Å². The number of hydrogen-bond donors (Lipinski definition) is 0. The third kappa shape index (κ3) is 2.77. The van der Waals surface area contributed by atoms with Crippen LogP contribution in [-0.2, 0) is 0 Å². The maximum atomic E-state index is 6.25. The molecule has 0 aliphatic heterocycles. The lowest BCUT2D eigenvalue weighted by molar-refractivity contribution is 0.157. The van der Waals surface area contributed by atoms with Gasteiger partial charge in [0.1, 0.15) is 5.52 Å². The average Bonchev–Trinajstić information content (AvgIpc) is 2.43. The number of aromatic nitrogens is 2. The Hall–Kier alpha value is -1.06. The van der Waals surface area contributed by atoms with Crippen LogP contribution in [0.25, 0.3) is 10.9 Å². The first-order chi connectivity index (χ1) is 9.24. The molecule has 3 nitrogen and oxygen atoms in total. The van der Waals surface area contributed by atoms with Crippen LogP contribution in [0.15, 0.2) is 18.3 Å². The molecule has 2 aromatic rings. The molecule has 5 heteroatoms. The second-order valence-electron chi connectivity index (χ2n) is 4.83. The fraction of sp³-hybridized carbons (Fsp3) is 0.429. The van der Waals surface area contributed by atoms with Gasteiger partial charge in [0.25, 0.3) is 0 Å². The van der Waals surface area contributed by atoms with E-state index in [-0.39, 0.29) is 11.4 Å². The lowest BCUT2D eigenvalue weighted by atomic mass is 9.98. The van der Waals surface area contributed by atoms with E-state index in [0.717, 1.165) is 18.2 Å². The molecule has 1 saturated carbocycles. The van der Waals surface area contributed by atoms with Gasteiger partial charge in [-0.3, -0.25) is 0 Å². The summed E-state index contributed by atoms with van der Waals surface area (Å²) in [5.41, 5.74) is 0.693. The van der Waals surface area contributed by atoms with Gasteiger partial charge in [0.15, 0.2) is 5.75 Å². The van der Waals surface area contributed by atoms with Gasteiger partial charge in [0.2, 0.25) is 5.28 Å². The van der Waals surface area contributed by atoms with Crippen molar-refractivity contribution in [2.45, 2.75) is 38.2 Å². The van der Waals surface area contributed by atoms with Gasteiger partial charge in [0.05, 0.1) is 11.1 Å². The van der Waals surface area contributed by atoms with Gasteiger partial charge in [-0.15, -0.1) is 0 Å². The predicted octanol–water partition coefficient (Wildman–Crippen LogP) is 4.65. The smallest absolute Gasteiger partial charge is 0.223 e. The second-order valence-corrected chi connectivity index (χ2v) is 5.58. The molecule has 0 spiro atoms. The van der Waals surface area contributed by atoms with Crippen molar-refractivity contribution in [3.8, 4) is 5.75 Å². The molecule has 0 amide bonds. The summed E-state index contributed by atoms with van der Waals surface area (Å²) >= 11 is 12.1. The molecular formula is C14H14Cl2N2O. The monoisotopic (exact) mass is 296 g/mol. The second kappa shape index (κ2) is 5.51. The van der Waals surface area contributed by atoms with Crippen molar-refractivity contribution in [1.29, 1.82) is 0 Å². The summed E-state index contributed by atoms with van der Waals surface area (Å²) in [5.74, 6) is 0.635. The van der Waals surface area contributed by atoms with Crippen LogP contribution in [0, 0.1) is 0 Å². The Morgan fingerprint density at radius 2 is 1.89 bits per heavy atom. The first kappa shape index (κ1) is 12.9. The topological polar surface area (TPSA) is 35.0 Å². The maximum absolute atomic E-state index is 6.25. The van der Waals surface area contributed by atoms with Crippen LogP contribution in [0.5, 0.6) is 5.75 Å². The molecular weight excluding hydrogens is 283 g/mol. The summed E-state index contributed by atoms with van der Waals surface area (Å²) < 4.78 is 6.07. The first-order valence-corrected chi connectivity index (χ1v) is 7.27. The van der Waals surface area contributed by atoms with Gasteiger partial charge in [-0.25, -0.2) is 9.97 Å². The number of hydrogen-bond acceptors (Lipinski definition) is 3. The zero-order valence-electron chi connectivity index (χ0n) is 10.4. The molecule has 1 aliphatic rings. The van der Waals surface area contributed by atoms with Crippen molar-refractivity contribution in [3.05, 3.63) is 28.6 Å². The molecule has 19 heavy (non-hydrogen) atoms. The number of ether oxygens (including phenoxy) is 1. The Bertz CT molecular complexity index is 592. The van der Waals surface area contributed by atoms with Crippen molar-refractivity contribution in [1.82, 2.24) is 9.97 Å². The van der Waals surface area contributed by atoms with E-state index < -0.39 is 0 Å². The third-order valence-electron chi connectivity index (χ3n) is 3.47. The molecule has 0 atom stereocenters. The van der Waals surface area contributed by atoms with E-state index in [9.17, 15) is 0 Å². The Balaban J connectivity index is 2.00. The van der Waals surface area contributed by atoms with E-state index in [1.54, 1.807) is 6.20 Å². The van der Waals surface area contributed by atoms with Crippen molar-refractivity contribution >= 4 is 34.1 Å². The molecule has 1 heterocycles. The summed E-state index contributed by atoms with van der Waals surface area (Å²) in [4.78, 5) is 8.23. The largest absolute Gasteiger partial charge is 0.487 e. The van der Waals surface area contributed by atoms with E-state index in [1.807, 2.05) is 12.1 Å². The molecule has 1 fully saturated rings. The van der Waals surface area contributed by atoms with Crippen LogP contribution >= 0.6 is 23.2 Å². The standard InChI is InChI=1S/C14H14Cl2N2O/c15-11-7-6-9-8-17-14(16)18-12(9)13(11)19-10-4-2-1-3-5-10/h6-8,10H,1-5H2.